The summed E-state index contributed by atoms with van der Waals surface area (Å²) in [5.41, 5.74) is 1.06. The van der Waals surface area contributed by atoms with Crippen molar-refractivity contribution in [3.05, 3.63) is 40.7 Å². The second-order valence-corrected chi connectivity index (χ2v) is 7.57. The molecule has 0 fully saturated rings. The zero-order valence-corrected chi connectivity index (χ0v) is 15.7. The zero-order valence-electron chi connectivity index (χ0n) is 14.9. The Labute approximate surface area is 155 Å². The number of fused-ring (bicyclic) bond motifs is 1. The summed E-state index contributed by atoms with van der Waals surface area (Å²) in [4.78, 5) is 16.6. The third-order valence-corrected chi connectivity index (χ3v) is 4.91. The summed E-state index contributed by atoms with van der Waals surface area (Å²) in [5.74, 6) is 0.843. The SMILES string of the molecule is Cc1nc2cc(OCc3cc(C(=O)N[C@H](CO)C(C)C)no3)ccc2s1. The average molecular weight is 375 g/mol. The van der Waals surface area contributed by atoms with E-state index in [1.165, 1.54) is 6.07 Å². The Kier molecular flexibility index (Phi) is 5.53. The lowest BCUT2D eigenvalue weighted by Gasteiger charge is -2.18. The molecular weight excluding hydrogens is 354 g/mol. The number of amides is 1. The van der Waals surface area contributed by atoms with Gasteiger partial charge in [0, 0.05) is 12.1 Å². The van der Waals surface area contributed by atoms with Crippen molar-refractivity contribution >= 4 is 27.5 Å². The van der Waals surface area contributed by atoms with E-state index in [-0.39, 0.29) is 36.8 Å². The van der Waals surface area contributed by atoms with Gasteiger partial charge in [-0.05, 0) is 25.0 Å². The average Bonchev–Trinajstić information content (AvgIpc) is 3.22. The lowest BCUT2D eigenvalue weighted by atomic mass is 10.1. The standard InChI is InChI=1S/C18H21N3O4S/c1-10(2)16(8-22)20-18(23)15-7-13(25-21-15)9-24-12-4-5-17-14(6-12)19-11(3)26-17/h4-7,10,16,22H,8-9H2,1-3H3,(H,20,23)/t16-/m1/s1. The van der Waals surface area contributed by atoms with Crippen LogP contribution in [0.4, 0.5) is 0 Å². The van der Waals surface area contributed by atoms with Gasteiger partial charge in [0.05, 0.1) is 27.9 Å². The van der Waals surface area contributed by atoms with Crippen LogP contribution < -0.4 is 10.1 Å². The van der Waals surface area contributed by atoms with Crippen LogP contribution in [0.2, 0.25) is 0 Å². The predicted octanol–water partition coefficient (Wildman–Crippen LogP) is 2.92. The van der Waals surface area contributed by atoms with Crippen LogP contribution in [-0.2, 0) is 6.61 Å². The Hall–Kier alpha value is -2.45. The smallest absolute Gasteiger partial charge is 0.273 e. The van der Waals surface area contributed by atoms with Crippen molar-refractivity contribution in [1.29, 1.82) is 0 Å². The number of benzene rings is 1. The second kappa shape index (κ2) is 7.84. The molecule has 1 aromatic carbocycles. The fraction of sp³-hybridized carbons (Fsp3) is 0.389. The normalized spacial score (nSPS) is 12.5. The highest BCUT2D eigenvalue weighted by atomic mass is 32.1. The molecule has 8 heteroatoms. The number of thiazole rings is 1. The van der Waals surface area contributed by atoms with Crippen LogP contribution in [0, 0.1) is 12.8 Å². The molecule has 2 heterocycles. The molecule has 7 nitrogen and oxygen atoms in total. The molecule has 2 aromatic heterocycles. The van der Waals surface area contributed by atoms with Crippen molar-refractivity contribution < 1.29 is 19.2 Å². The number of aryl methyl sites for hydroxylation is 1. The minimum Gasteiger partial charge on any atom is -0.485 e. The van der Waals surface area contributed by atoms with Crippen LogP contribution in [0.1, 0.15) is 35.1 Å². The quantitative estimate of drug-likeness (QED) is 0.659. The first-order chi connectivity index (χ1) is 12.5. The van der Waals surface area contributed by atoms with Gasteiger partial charge in [-0.3, -0.25) is 4.79 Å². The van der Waals surface area contributed by atoms with Crippen LogP contribution in [0.3, 0.4) is 0 Å². The van der Waals surface area contributed by atoms with Gasteiger partial charge in [-0.2, -0.15) is 0 Å². The van der Waals surface area contributed by atoms with Crippen LogP contribution in [0.15, 0.2) is 28.8 Å². The summed E-state index contributed by atoms with van der Waals surface area (Å²) in [7, 11) is 0. The molecule has 0 saturated heterocycles. The number of rotatable bonds is 7. The van der Waals surface area contributed by atoms with Crippen molar-refractivity contribution in [3.8, 4) is 5.75 Å². The number of carbonyl (C=O) groups excluding carboxylic acids is 1. The molecule has 0 bridgehead atoms. The molecule has 138 valence electrons. The lowest BCUT2D eigenvalue weighted by Crippen LogP contribution is -2.41. The van der Waals surface area contributed by atoms with E-state index in [0.29, 0.717) is 11.5 Å². The molecule has 0 unspecified atom stereocenters. The summed E-state index contributed by atoms with van der Waals surface area (Å²) >= 11 is 1.63. The Balaban J connectivity index is 1.61. The molecular formula is C18H21N3O4S. The van der Waals surface area contributed by atoms with Gasteiger partial charge in [-0.25, -0.2) is 4.98 Å². The second-order valence-electron chi connectivity index (χ2n) is 6.34. The van der Waals surface area contributed by atoms with Crippen molar-refractivity contribution in [3.63, 3.8) is 0 Å². The molecule has 0 radical (unpaired) electrons. The molecule has 0 aliphatic carbocycles. The van der Waals surface area contributed by atoms with Crippen LogP contribution >= 0.6 is 11.3 Å². The van der Waals surface area contributed by atoms with Crippen LogP contribution in [0.25, 0.3) is 10.2 Å². The first-order valence-corrected chi connectivity index (χ1v) is 9.15. The zero-order chi connectivity index (χ0) is 18.7. The Morgan fingerprint density at radius 2 is 2.19 bits per heavy atom. The van der Waals surface area contributed by atoms with Crippen LogP contribution in [0.5, 0.6) is 5.75 Å². The molecule has 3 rings (SSSR count). The van der Waals surface area contributed by atoms with E-state index in [1.54, 1.807) is 11.3 Å². The number of aliphatic hydroxyl groups excluding tert-OH is 1. The first-order valence-electron chi connectivity index (χ1n) is 8.33. The number of ether oxygens (including phenoxy) is 1. The van der Waals surface area contributed by atoms with Gasteiger partial charge < -0.3 is 19.7 Å². The largest absolute Gasteiger partial charge is 0.485 e. The van der Waals surface area contributed by atoms with Crippen molar-refractivity contribution in [2.75, 3.05) is 6.61 Å². The van der Waals surface area contributed by atoms with Gasteiger partial charge in [0.25, 0.3) is 5.91 Å². The van der Waals surface area contributed by atoms with Crippen molar-refractivity contribution in [2.24, 2.45) is 5.92 Å². The van der Waals surface area contributed by atoms with Crippen LogP contribution in [-0.4, -0.2) is 33.8 Å². The molecule has 0 saturated carbocycles. The third kappa shape index (κ3) is 4.20. The maximum atomic E-state index is 12.2. The Morgan fingerprint density at radius 3 is 2.92 bits per heavy atom. The highest BCUT2D eigenvalue weighted by Gasteiger charge is 2.19. The first kappa shape index (κ1) is 18.3. The van der Waals surface area contributed by atoms with E-state index in [9.17, 15) is 9.90 Å². The van der Waals surface area contributed by atoms with Gasteiger partial charge in [0.15, 0.2) is 11.5 Å². The van der Waals surface area contributed by atoms with E-state index < -0.39 is 0 Å². The summed E-state index contributed by atoms with van der Waals surface area (Å²) < 4.78 is 12.0. The Bertz CT molecular complexity index is 903. The molecule has 2 N–H and O–H groups in total. The molecule has 0 aliphatic heterocycles. The number of aliphatic hydroxyl groups is 1. The van der Waals surface area contributed by atoms with Gasteiger partial charge in [-0.1, -0.05) is 19.0 Å². The number of nitrogens with zero attached hydrogens (tertiary/aromatic N) is 2. The molecule has 26 heavy (non-hydrogen) atoms. The monoisotopic (exact) mass is 375 g/mol. The summed E-state index contributed by atoms with van der Waals surface area (Å²) in [6.07, 6.45) is 0. The van der Waals surface area contributed by atoms with Gasteiger partial charge >= 0.3 is 0 Å². The predicted molar refractivity (Wildman–Crippen MR) is 98.4 cm³/mol. The number of hydrogen-bond donors (Lipinski definition) is 2. The summed E-state index contributed by atoms with van der Waals surface area (Å²) in [5, 5.41) is 16.8. The molecule has 1 atom stereocenters. The minimum atomic E-state index is -0.382. The summed E-state index contributed by atoms with van der Waals surface area (Å²) in [6, 6.07) is 6.92. The topological polar surface area (TPSA) is 97.5 Å². The van der Waals surface area contributed by atoms with Gasteiger partial charge in [-0.15, -0.1) is 11.3 Å². The van der Waals surface area contributed by atoms with Crippen molar-refractivity contribution in [2.45, 2.75) is 33.4 Å². The fourth-order valence-corrected chi connectivity index (χ4v) is 3.23. The number of hydrogen-bond acceptors (Lipinski definition) is 7. The van der Waals surface area contributed by atoms with E-state index >= 15 is 0 Å². The lowest BCUT2D eigenvalue weighted by molar-refractivity contribution is 0.0887. The summed E-state index contributed by atoms with van der Waals surface area (Å²) in [6.45, 7) is 5.83. The van der Waals surface area contributed by atoms with E-state index in [1.807, 2.05) is 39.0 Å². The Morgan fingerprint density at radius 1 is 1.38 bits per heavy atom. The number of aromatic nitrogens is 2. The number of carbonyl (C=O) groups is 1. The molecule has 0 aliphatic rings. The van der Waals surface area contributed by atoms with Crippen molar-refractivity contribution in [1.82, 2.24) is 15.5 Å². The highest BCUT2D eigenvalue weighted by molar-refractivity contribution is 7.18. The fourth-order valence-electron chi connectivity index (χ4n) is 2.42. The van der Waals surface area contributed by atoms with E-state index in [4.69, 9.17) is 9.26 Å². The molecule has 0 spiro atoms. The molecule has 3 aromatic rings. The number of nitrogens with one attached hydrogen (secondary N) is 1. The van der Waals surface area contributed by atoms with Gasteiger partial charge in [0.2, 0.25) is 0 Å². The minimum absolute atomic E-state index is 0.114. The molecule has 1 amide bonds. The van der Waals surface area contributed by atoms with Gasteiger partial charge in [0.1, 0.15) is 12.4 Å². The maximum Gasteiger partial charge on any atom is 0.273 e. The third-order valence-electron chi connectivity index (χ3n) is 3.96. The van der Waals surface area contributed by atoms with E-state index in [2.05, 4.69) is 15.5 Å². The van der Waals surface area contributed by atoms with E-state index in [0.717, 1.165) is 15.2 Å². The maximum absolute atomic E-state index is 12.2. The highest BCUT2D eigenvalue weighted by Crippen LogP contribution is 2.26.